The largest absolute Gasteiger partial charge is 0.398 e. The van der Waals surface area contributed by atoms with E-state index >= 15 is 0 Å². The molecule has 10 nitrogen and oxygen atoms in total. The zero-order valence-corrected chi connectivity index (χ0v) is 13.2. The maximum absolute atomic E-state index is 11.8. The highest BCUT2D eigenvalue weighted by Crippen LogP contribution is 2.45. The van der Waals surface area contributed by atoms with Crippen molar-refractivity contribution in [2.45, 2.75) is 31.0 Å². The summed E-state index contributed by atoms with van der Waals surface area (Å²) in [6.45, 7) is 0.969. The molecular formula is C15H17N5O5. The Morgan fingerprint density at radius 1 is 1.52 bits per heavy atom. The summed E-state index contributed by atoms with van der Waals surface area (Å²) in [6, 6.07) is 1.20. The summed E-state index contributed by atoms with van der Waals surface area (Å²) in [6.07, 6.45) is -0.296. The molecule has 25 heavy (non-hydrogen) atoms. The van der Waals surface area contributed by atoms with E-state index in [1.165, 1.54) is 23.9 Å². The molecule has 0 amide bonds. The number of aliphatic hydroxyl groups is 3. The van der Waals surface area contributed by atoms with Crippen LogP contribution in [0.4, 0.5) is 17.3 Å². The van der Waals surface area contributed by atoms with Crippen LogP contribution < -0.4 is 16.6 Å². The second-order valence-corrected chi connectivity index (χ2v) is 6.33. The molecule has 0 radical (unpaired) electrons. The number of hydrogen-bond donors (Lipinski definition) is 5. The molecule has 4 rings (SSSR count). The lowest BCUT2D eigenvalue weighted by molar-refractivity contribution is -0.0955. The van der Waals surface area contributed by atoms with Gasteiger partial charge in [0, 0.05) is 23.3 Å². The van der Waals surface area contributed by atoms with Crippen molar-refractivity contribution in [1.29, 1.82) is 0 Å². The predicted molar refractivity (Wildman–Crippen MR) is 89.8 cm³/mol. The van der Waals surface area contributed by atoms with Crippen molar-refractivity contribution in [2.75, 3.05) is 17.7 Å². The number of nitrogen functional groups attached to an aromatic ring is 1. The summed E-state index contributed by atoms with van der Waals surface area (Å²) >= 11 is 0. The normalized spacial score (nSPS) is 30.6. The van der Waals surface area contributed by atoms with Crippen LogP contribution in [0.3, 0.4) is 0 Å². The van der Waals surface area contributed by atoms with Crippen molar-refractivity contribution in [3.05, 3.63) is 22.6 Å². The summed E-state index contributed by atoms with van der Waals surface area (Å²) in [4.78, 5) is 20.0. The van der Waals surface area contributed by atoms with Gasteiger partial charge in [-0.05, 0) is 6.92 Å². The first-order valence-corrected chi connectivity index (χ1v) is 7.65. The lowest BCUT2D eigenvalue weighted by atomic mass is 9.96. The first kappa shape index (κ1) is 16.0. The van der Waals surface area contributed by atoms with Gasteiger partial charge in [0.05, 0.1) is 18.3 Å². The van der Waals surface area contributed by atoms with Crippen LogP contribution in [0.2, 0.25) is 0 Å². The van der Waals surface area contributed by atoms with E-state index in [-0.39, 0.29) is 11.5 Å². The fourth-order valence-corrected chi connectivity index (χ4v) is 3.33. The van der Waals surface area contributed by atoms with Gasteiger partial charge < -0.3 is 35.7 Å². The molecular weight excluding hydrogens is 330 g/mol. The van der Waals surface area contributed by atoms with Crippen LogP contribution in [0.25, 0.3) is 10.8 Å². The van der Waals surface area contributed by atoms with Crippen molar-refractivity contribution in [3.8, 4) is 0 Å². The standard InChI is InChI=1S/C15H17N5O5/c1-15(24)11(23)8(4-21)25-14(15)20-3-6-7(16)2-9(22)19-12-10(6)13(20)18-5-17-12/h2-3,5,8,11,14,21,23-24H,4,16H2,1H3,(H,17,18,19,22)/t8?,11-,14?,15-/m1/s1. The van der Waals surface area contributed by atoms with Crippen molar-refractivity contribution >= 4 is 34.4 Å². The second-order valence-electron chi connectivity index (χ2n) is 6.33. The average molecular weight is 347 g/mol. The van der Waals surface area contributed by atoms with Gasteiger partial charge >= 0.3 is 0 Å². The molecule has 2 aliphatic rings. The fraction of sp³-hybridized carbons (Fsp3) is 0.400. The monoisotopic (exact) mass is 347 g/mol. The number of nitrogens with one attached hydrogen (secondary N) is 1. The smallest absolute Gasteiger partial charge is 0.273 e. The van der Waals surface area contributed by atoms with Crippen LogP contribution >= 0.6 is 0 Å². The Morgan fingerprint density at radius 2 is 2.28 bits per heavy atom. The molecule has 0 bridgehead atoms. The SMILES string of the molecule is C[C@]1(O)C(n2cc3c(N)cc(=O)nc4c3c2N=CN4)OC(CO)[C@H]1O. The van der Waals surface area contributed by atoms with E-state index in [4.69, 9.17) is 10.5 Å². The fourth-order valence-electron chi connectivity index (χ4n) is 3.33. The van der Waals surface area contributed by atoms with E-state index in [0.29, 0.717) is 16.6 Å². The van der Waals surface area contributed by atoms with Gasteiger partial charge in [0.25, 0.3) is 5.56 Å². The molecule has 2 aromatic heterocycles. The van der Waals surface area contributed by atoms with E-state index in [1.54, 1.807) is 6.20 Å². The molecule has 2 aliphatic heterocycles. The topological polar surface area (TPSA) is 155 Å². The van der Waals surface area contributed by atoms with Crippen molar-refractivity contribution in [3.63, 3.8) is 0 Å². The van der Waals surface area contributed by atoms with Crippen LogP contribution in [0.5, 0.6) is 0 Å². The van der Waals surface area contributed by atoms with Crippen LogP contribution in [-0.2, 0) is 4.74 Å². The Balaban J connectivity index is 1.98. The Labute approximate surface area is 141 Å². The highest BCUT2D eigenvalue weighted by Gasteiger charge is 2.53. The number of ether oxygens (including phenoxy) is 1. The zero-order valence-electron chi connectivity index (χ0n) is 13.2. The van der Waals surface area contributed by atoms with Gasteiger partial charge in [-0.3, -0.25) is 4.79 Å². The maximum atomic E-state index is 11.8. The van der Waals surface area contributed by atoms with Gasteiger partial charge in [0.15, 0.2) is 6.23 Å². The number of aromatic nitrogens is 2. The second kappa shape index (κ2) is 5.23. The lowest BCUT2D eigenvalue weighted by Crippen LogP contribution is -2.44. The average Bonchev–Trinajstić information content (AvgIpc) is 3.00. The number of hydrogen-bond acceptors (Lipinski definition) is 9. The van der Waals surface area contributed by atoms with Gasteiger partial charge in [0.2, 0.25) is 0 Å². The van der Waals surface area contributed by atoms with Crippen LogP contribution in [-0.4, -0.2) is 55.6 Å². The molecule has 4 atom stereocenters. The maximum Gasteiger partial charge on any atom is 0.273 e. The number of anilines is 2. The third-order valence-corrected chi connectivity index (χ3v) is 4.63. The number of rotatable bonds is 2. The molecule has 1 fully saturated rings. The van der Waals surface area contributed by atoms with Crippen LogP contribution in [0.15, 0.2) is 22.1 Å². The minimum Gasteiger partial charge on any atom is -0.398 e. The van der Waals surface area contributed by atoms with E-state index in [9.17, 15) is 20.1 Å². The van der Waals surface area contributed by atoms with E-state index in [2.05, 4.69) is 15.3 Å². The van der Waals surface area contributed by atoms with Gasteiger partial charge in [-0.15, -0.1) is 0 Å². The molecule has 1 saturated heterocycles. The Bertz CT molecular complexity index is 953. The van der Waals surface area contributed by atoms with Crippen molar-refractivity contribution in [1.82, 2.24) is 9.55 Å². The van der Waals surface area contributed by atoms with Gasteiger partial charge in [-0.1, -0.05) is 0 Å². The minimum atomic E-state index is -1.67. The van der Waals surface area contributed by atoms with Gasteiger partial charge in [-0.2, -0.15) is 4.98 Å². The summed E-state index contributed by atoms with van der Waals surface area (Å²) in [5, 5.41) is 34.1. The van der Waals surface area contributed by atoms with Crippen LogP contribution in [0.1, 0.15) is 13.2 Å². The molecule has 0 aliphatic carbocycles. The van der Waals surface area contributed by atoms with Crippen molar-refractivity contribution < 1.29 is 20.1 Å². The summed E-state index contributed by atoms with van der Waals surface area (Å²) in [7, 11) is 0. The third kappa shape index (κ3) is 2.15. The minimum absolute atomic E-state index is 0.203. The summed E-state index contributed by atoms with van der Waals surface area (Å²) < 4.78 is 7.16. The highest BCUT2D eigenvalue weighted by atomic mass is 16.6. The molecule has 0 spiro atoms. The first-order chi connectivity index (χ1) is 11.8. The zero-order chi connectivity index (χ0) is 17.9. The molecule has 10 heteroatoms. The molecule has 0 saturated carbocycles. The Hall–Kier alpha value is -2.53. The first-order valence-electron chi connectivity index (χ1n) is 7.65. The number of nitrogens with two attached hydrogens (primary N) is 1. The molecule has 6 N–H and O–H groups in total. The molecule has 0 aromatic carbocycles. The van der Waals surface area contributed by atoms with E-state index in [0.717, 1.165) is 0 Å². The molecule has 132 valence electrons. The Kier molecular flexibility index (Phi) is 3.34. The summed E-state index contributed by atoms with van der Waals surface area (Å²) in [5.74, 6) is 0.659. The third-order valence-electron chi connectivity index (χ3n) is 4.63. The van der Waals surface area contributed by atoms with Crippen LogP contribution in [0, 0.1) is 0 Å². The van der Waals surface area contributed by atoms with E-state index < -0.39 is 36.2 Å². The molecule has 2 unspecified atom stereocenters. The predicted octanol–water partition coefficient (Wildman–Crippen LogP) is -0.934. The van der Waals surface area contributed by atoms with Gasteiger partial charge in [-0.25, -0.2) is 4.99 Å². The highest BCUT2D eigenvalue weighted by molar-refractivity contribution is 6.10. The quantitative estimate of drug-likeness (QED) is 0.466. The van der Waals surface area contributed by atoms with E-state index in [1.807, 2.05) is 0 Å². The summed E-state index contributed by atoms with van der Waals surface area (Å²) in [5.41, 5.74) is 4.02. The number of nitrogens with zero attached hydrogens (tertiary/aromatic N) is 3. The number of aliphatic imine (C=N–C) groups is 1. The molecule has 2 aromatic rings. The van der Waals surface area contributed by atoms with Crippen molar-refractivity contribution in [2.24, 2.45) is 4.99 Å². The molecule has 4 heterocycles. The number of aliphatic hydroxyl groups excluding tert-OH is 2. The van der Waals surface area contributed by atoms with Gasteiger partial charge in [0.1, 0.15) is 29.4 Å². The lowest BCUT2D eigenvalue weighted by Gasteiger charge is -2.28. The Morgan fingerprint density at radius 3 is 2.96 bits per heavy atom.